The second-order valence-electron chi connectivity index (χ2n) is 6.72. The third kappa shape index (κ3) is 3.85. The van der Waals surface area contributed by atoms with Crippen LogP contribution >= 0.6 is 0 Å². The van der Waals surface area contributed by atoms with E-state index in [0.717, 1.165) is 6.08 Å². The summed E-state index contributed by atoms with van der Waals surface area (Å²) in [6.07, 6.45) is 0.877. The molecule has 10 heteroatoms. The van der Waals surface area contributed by atoms with E-state index in [1.807, 2.05) is 0 Å². The van der Waals surface area contributed by atoms with Crippen LogP contribution in [0.5, 0.6) is 0 Å². The molecule has 0 radical (unpaired) electrons. The maximum Gasteiger partial charge on any atom is 0.366 e. The second-order valence-corrected chi connectivity index (χ2v) is 6.72. The molecule has 0 aliphatic heterocycles. The number of carbonyl (C=O) groups excluding carboxylic acids is 2. The normalized spacial score (nSPS) is 20.7. The van der Waals surface area contributed by atoms with Gasteiger partial charge in [-0.15, -0.1) is 0 Å². The fourth-order valence-electron chi connectivity index (χ4n) is 2.87. The van der Waals surface area contributed by atoms with Crippen LogP contribution in [-0.4, -0.2) is 18.5 Å². The zero-order chi connectivity index (χ0) is 21.4. The lowest BCUT2D eigenvalue weighted by Gasteiger charge is -2.09. The van der Waals surface area contributed by atoms with Gasteiger partial charge in [-0.3, -0.25) is 4.79 Å². The van der Waals surface area contributed by atoms with Gasteiger partial charge in [0, 0.05) is 0 Å². The van der Waals surface area contributed by atoms with E-state index in [2.05, 4.69) is 9.47 Å². The van der Waals surface area contributed by atoms with E-state index in [4.69, 9.17) is 0 Å². The number of hydrogen-bond donors (Lipinski definition) is 0. The second kappa shape index (κ2) is 7.84. The number of halogens is 6. The molecule has 1 saturated carbocycles. The molecule has 4 nitrogen and oxygen atoms in total. The van der Waals surface area contributed by atoms with Gasteiger partial charge in [0.15, 0.2) is 23.3 Å². The van der Waals surface area contributed by atoms with Crippen LogP contribution in [0.3, 0.4) is 0 Å². The largest absolute Gasteiger partial charge is 0.461 e. The van der Waals surface area contributed by atoms with Crippen molar-refractivity contribution in [2.45, 2.75) is 27.4 Å². The van der Waals surface area contributed by atoms with Crippen molar-refractivity contribution in [3.63, 3.8) is 0 Å². The van der Waals surface area contributed by atoms with Crippen molar-refractivity contribution >= 4 is 11.9 Å². The summed E-state index contributed by atoms with van der Waals surface area (Å²) in [5.74, 6) is -16.1. The number of hydrogen-bond acceptors (Lipinski definition) is 4. The summed E-state index contributed by atoms with van der Waals surface area (Å²) in [7, 11) is 0. The Labute approximate surface area is 156 Å². The maximum atomic E-state index is 13.8. The molecular formula is C18H16F6O4. The minimum absolute atomic E-state index is 0.0540. The summed E-state index contributed by atoms with van der Waals surface area (Å²) in [5, 5.41) is 0. The number of allylic oxidation sites excluding steroid dienone is 1. The van der Waals surface area contributed by atoms with Gasteiger partial charge in [-0.1, -0.05) is 13.8 Å². The Hall–Kier alpha value is -2.52. The number of ether oxygens (including phenoxy) is 2. The molecule has 2 rings (SSSR count). The Bertz CT molecular complexity index is 820. The van der Waals surface area contributed by atoms with Crippen LogP contribution in [0.2, 0.25) is 0 Å². The van der Waals surface area contributed by atoms with Crippen LogP contribution in [0.4, 0.5) is 26.3 Å². The van der Waals surface area contributed by atoms with E-state index in [1.54, 1.807) is 13.8 Å². The Morgan fingerprint density at radius 3 is 1.96 bits per heavy atom. The van der Waals surface area contributed by atoms with Crippen molar-refractivity contribution in [2.24, 2.45) is 17.3 Å². The van der Waals surface area contributed by atoms with E-state index in [9.17, 15) is 35.9 Å². The molecule has 0 bridgehead atoms. The Balaban J connectivity index is 2.13. The van der Waals surface area contributed by atoms with E-state index in [1.165, 1.54) is 6.92 Å². The summed E-state index contributed by atoms with van der Waals surface area (Å²) in [5.41, 5.74) is -2.15. The summed E-state index contributed by atoms with van der Waals surface area (Å²) >= 11 is 0. The first kappa shape index (κ1) is 21.8. The van der Waals surface area contributed by atoms with Gasteiger partial charge < -0.3 is 9.47 Å². The highest BCUT2D eigenvalue weighted by molar-refractivity contribution is 5.86. The van der Waals surface area contributed by atoms with Crippen molar-refractivity contribution < 1.29 is 45.4 Å². The van der Waals surface area contributed by atoms with Crippen LogP contribution in [0, 0.1) is 46.3 Å². The van der Waals surface area contributed by atoms with Crippen molar-refractivity contribution in [3.05, 3.63) is 46.6 Å². The molecule has 2 atom stereocenters. The predicted molar refractivity (Wildman–Crippen MR) is 82.6 cm³/mol. The van der Waals surface area contributed by atoms with Crippen molar-refractivity contribution in [2.75, 3.05) is 6.61 Å². The van der Waals surface area contributed by atoms with Crippen molar-refractivity contribution in [1.29, 1.82) is 0 Å². The summed E-state index contributed by atoms with van der Waals surface area (Å²) in [6.45, 7) is 3.33. The molecule has 154 valence electrons. The van der Waals surface area contributed by atoms with Crippen LogP contribution in [0.25, 0.3) is 0 Å². The van der Waals surface area contributed by atoms with Gasteiger partial charge in [-0.2, -0.15) is 4.39 Å². The molecule has 0 saturated heterocycles. The lowest BCUT2D eigenvalue weighted by Crippen LogP contribution is -2.14. The van der Waals surface area contributed by atoms with E-state index in [-0.39, 0.29) is 6.61 Å². The first-order chi connectivity index (χ1) is 12.9. The zero-order valence-electron chi connectivity index (χ0n) is 15.0. The van der Waals surface area contributed by atoms with Crippen LogP contribution in [-0.2, 0) is 25.7 Å². The van der Waals surface area contributed by atoms with Gasteiger partial charge in [0.1, 0.15) is 6.61 Å². The van der Waals surface area contributed by atoms with E-state index >= 15 is 0 Å². The molecule has 0 aromatic heterocycles. The van der Waals surface area contributed by atoms with Gasteiger partial charge in [-0.05, 0) is 24.3 Å². The molecule has 1 aliphatic carbocycles. The van der Waals surface area contributed by atoms with Gasteiger partial charge in [-0.25, -0.2) is 26.7 Å². The average Bonchev–Trinajstić information content (AvgIpc) is 3.18. The predicted octanol–water partition coefficient (Wildman–Crippen LogP) is 4.11. The van der Waals surface area contributed by atoms with Crippen LogP contribution in [0.15, 0.2) is 11.9 Å². The lowest BCUT2D eigenvalue weighted by molar-refractivity contribution is -0.147. The van der Waals surface area contributed by atoms with Gasteiger partial charge in [0.05, 0.1) is 18.1 Å². The first-order valence-electron chi connectivity index (χ1n) is 8.16. The first-order valence-corrected chi connectivity index (χ1v) is 8.16. The molecule has 1 aliphatic rings. The standard InChI is InChI=1S/C18H16F6O4/c1-4-27-16(25)9(19)5-8-10(18(8,2)3)17(26)28-6-7-11(20)13(22)15(24)14(23)12(7)21/h5,8,10H,4,6H2,1-3H3/b9-5+/t8-,10-/m0/s1. The highest BCUT2D eigenvalue weighted by Gasteiger charge is 2.62. The molecule has 1 fully saturated rings. The Morgan fingerprint density at radius 1 is 0.964 bits per heavy atom. The molecule has 0 unspecified atom stereocenters. The summed E-state index contributed by atoms with van der Waals surface area (Å²) in [6, 6.07) is 0. The molecule has 1 aromatic carbocycles. The molecular weight excluding hydrogens is 394 g/mol. The van der Waals surface area contributed by atoms with Crippen molar-refractivity contribution in [1.82, 2.24) is 0 Å². The minimum atomic E-state index is -2.33. The fraction of sp³-hybridized carbons (Fsp3) is 0.444. The number of esters is 2. The molecule has 0 amide bonds. The third-order valence-electron chi connectivity index (χ3n) is 4.62. The Kier molecular flexibility index (Phi) is 6.10. The molecule has 0 heterocycles. The Morgan fingerprint density at radius 2 is 1.46 bits per heavy atom. The topological polar surface area (TPSA) is 52.6 Å². The SMILES string of the molecule is CCOC(=O)/C(F)=C\[C@H]1[C@@H](C(=O)OCc2c(F)c(F)c(F)c(F)c2F)C1(C)C. The quantitative estimate of drug-likeness (QED) is 0.233. The number of rotatable bonds is 6. The smallest absolute Gasteiger partial charge is 0.366 e. The van der Waals surface area contributed by atoms with Crippen LogP contribution in [0.1, 0.15) is 26.3 Å². The molecule has 1 aromatic rings. The van der Waals surface area contributed by atoms with Crippen molar-refractivity contribution in [3.8, 4) is 0 Å². The summed E-state index contributed by atoms with van der Waals surface area (Å²) in [4.78, 5) is 23.4. The van der Waals surface area contributed by atoms with Gasteiger partial charge in [0.25, 0.3) is 0 Å². The monoisotopic (exact) mass is 410 g/mol. The molecule has 0 spiro atoms. The zero-order valence-corrected chi connectivity index (χ0v) is 15.0. The molecule has 28 heavy (non-hydrogen) atoms. The summed E-state index contributed by atoms with van der Waals surface area (Å²) < 4.78 is 89.5. The van der Waals surface area contributed by atoms with E-state index in [0.29, 0.717) is 0 Å². The highest BCUT2D eigenvalue weighted by Crippen LogP contribution is 2.60. The van der Waals surface area contributed by atoms with Crippen LogP contribution < -0.4 is 0 Å². The van der Waals surface area contributed by atoms with Gasteiger partial charge >= 0.3 is 11.9 Å². The lowest BCUT2D eigenvalue weighted by atomic mass is 10.1. The van der Waals surface area contributed by atoms with Gasteiger partial charge in [0.2, 0.25) is 11.6 Å². The average molecular weight is 410 g/mol. The van der Waals surface area contributed by atoms with E-state index < -0.39 is 76.3 Å². The highest BCUT2D eigenvalue weighted by atomic mass is 19.2. The third-order valence-corrected chi connectivity index (χ3v) is 4.62. The molecule has 0 N–H and O–H groups in total. The number of carbonyl (C=O) groups is 2. The fourth-order valence-corrected chi connectivity index (χ4v) is 2.87. The maximum absolute atomic E-state index is 13.8. The number of benzene rings is 1. The minimum Gasteiger partial charge on any atom is -0.461 e.